The molecule has 34 heavy (non-hydrogen) atoms. The zero-order chi connectivity index (χ0) is 26.1. The van der Waals surface area contributed by atoms with Gasteiger partial charge in [-0.2, -0.15) is 0 Å². The second kappa shape index (κ2) is 14.5. The predicted octanol–water partition coefficient (Wildman–Crippen LogP) is 7.90. The Balaban J connectivity index is 4.11. The van der Waals surface area contributed by atoms with Crippen molar-refractivity contribution in [2.75, 3.05) is 25.0 Å². The van der Waals surface area contributed by atoms with Crippen LogP contribution in [0, 0.1) is 0 Å². The molecule has 0 aromatic carbocycles. The number of carbonyl (C=O) groups excluding carboxylic acids is 2. The zero-order valence-electron chi connectivity index (χ0n) is 22.4. The maximum absolute atomic E-state index is 13.4. The van der Waals surface area contributed by atoms with E-state index in [1.54, 1.807) is 13.8 Å². The average Bonchev–Trinajstić information content (AvgIpc) is 3.06. The molecule has 1 aliphatic carbocycles. The second-order valence-corrected chi connectivity index (χ2v) is 16.3. The van der Waals surface area contributed by atoms with Gasteiger partial charge in [-0.25, -0.2) is 9.59 Å². The second-order valence-electron chi connectivity index (χ2n) is 9.76. The Hall–Kier alpha value is -1.04. The van der Waals surface area contributed by atoms with E-state index < -0.39 is 8.07 Å². The molecule has 0 bridgehead atoms. The lowest BCUT2D eigenvalue weighted by atomic mass is 9.99. The molecule has 7 heteroatoms. The summed E-state index contributed by atoms with van der Waals surface area (Å²) >= 11 is 12.1. The van der Waals surface area contributed by atoms with E-state index in [0.29, 0.717) is 70.8 Å². The van der Waals surface area contributed by atoms with Gasteiger partial charge in [0.05, 0.1) is 32.4 Å². The number of carbonyl (C=O) groups is 2. The van der Waals surface area contributed by atoms with Gasteiger partial charge in [0.2, 0.25) is 0 Å². The Morgan fingerprint density at radius 3 is 1.56 bits per heavy atom. The van der Waals surface area contributed by atoms with Gasteiger partial charge in [0.15, 0.2) is 0 Å². The Kier molecular flexibility index (Phi) is 13.2. The Labute approximate surface area is 218 Å². The van der Waals surface area contributed by atoms with Gasteiger partial charge in [-0.05, 0) is 72.9 Å². The SMILES string of the molecule is CCOC(=O)C1=C(CCCCl)/C(=C\[Si](C(C)C)(C(C)C)C(C)C)C(C(=O)OCC)=C1CCCCl. The van der Waals surface area contributed by atoms with Crippen molar-refractivity contribution < 1.29 is 19.1 Å². The predicted molar refractivity (Wildman–Crippen MR) is 146 cm³/mol. The van der Waals surface area contributed by atoms with Crippen molar-refractivity contribution in [3.63, 3.8) is 0 Å². The Bertz CT molecular complexity index is 788. The number of halogens is 2. The van der Waals surface area contributed by atoms with E-state index in [1.807, 2.05) is 0 Å². The third-order valence-electron chi connectivity index (χ3n) is 6.97. The fourth-order valence-corrected chi connectivity index (χ4v) is 11.6. The summed E-state index contributed by atoms with van der Waals surface area (Å²) in [5.41, 5.74) is 7.28. The van der Waals surface area contributed by atoms with E-state index in [-0.39, 0.29) is 25.2 Å². The van der Waals surface area contributed by atoms with Crippen LogP contribution in [0.4, 0.5) is 0 Å². The van der Waals surface area contributed by atoms with E-state index in [2.05, 4.69) is 47.2 Å². The number of alkyl halides is 2. The molecule has 0 atom stereocenters. The molecule has 0 aromatic rings. The summed E-state index contributed by atoms with van der Waals surface area (Å²) in [5.74, 6) is 0.154. The molecule has 0 saturated carbocycles. The monoisotopic (exact) mass is 530 g/mol. The average molecular weight is 532 g/mol. The van der Waals surface area contributed by atoms with Crippen molar-refractivity contribution in [3.8, 4) is 0 Å². The molecule has 0 radical (unpaired) electrons. The molecule has 1 rings (SSSR count). The van der Waals surface area contributed by atoms with Crippen molar-refractivity contribution in [2.45, 2.75) is 97.7 Å². The van der Waals surface area contributed by atoms with E-state index in [9.17, 15) is 9.59 Å². The summed E-state index contributed by atoms with van der Waals surface area (Å²) in [5, 5.41) is 0. The Morgan fingerprint density at radius 2 is 1.18 bits per heavy atom. The molecule has 0 fully saturated rings. The van der Waals surface area contributed by atoms with Crippen molar-refractivity contribution in [1.29, 1.82) is 0 Å². The summed E-state index contributed by atoms with van der Waals surface area (Å²) in [6, 6.07) is 0. The van der Waals surface area contributed by atoms with Gasteiger partial charge < -0.3 is 9.47 Å². The molecule has 0 N–H and O–H groups in total. The standard InChI is InChI=1S/C27H44Cl2O4Si/c1-9-32-26(30)24-21(13-11-15-28)23(17-34(18(3)4,19(5)6)20(7)8)25(27(31)33-10-2)22(24)14-12-16-29/h17-20H,9-16H2,1-8H3/b23-17+. The Morgan fingerprint density at radius 1 is 0.765 bits per heavy atom. The van der Waals surface area contributed by atoms with Crippen LogP contribution in [0.2, 0.25) is 16.6 Å². The van der Waals surface area contributed by atoms with Gasteiger partial charge in [0.1, 0.15) is 0 Å². The third-order valence-corrected chi connectivity index (χ3v) is 14.3. The van der Waals surface area contributed by atoms with E-state index in [4.69, 9.17) is 32.7 Å². The minimum Gasteiger partial charge on any atom is -0.462 e. The number of ether oxygens (including phenoxy) is 2. The van der Waals surface area contributed by atoms with Crippen LogP contribution in [0.3, 0.4) is 0 Å². The fraction of sp³-hybridized carbons (Fsp3) is 0.704. The van der Waals surface area contributed by atoms with Crippen molar-refractivity contribution >= 4 is 43.2 Å². The van der Waals surface area contributed by atoms with Gasteiger partial charge in [-0.3, -0.25) is 0 Å². The van der Waals surface area contributed by atoms with Gasteiger partial charge in [0.25, 0.3) is 0 Å². The number of hydrogen-bond acceptors (Lipinski definition) is 4. The first-order chi connectivity index (χ1) is 16.0. The van der Waals surface area contributed by atoms with Crippen LogP contribution in [0.25, 0.3) is 0 Å². The van der Waals surface area contributed by atoms with Crippen molar-refractivity contribution in [2.24, 2.45) is 0 Å². The topological polar surface area (TPSA) is 52.6 Å². The number of allylic oxidation sites excluding steroid dienone is 1. The molecule has 194 valence electrons. The van der Waals surface area contributed by atoms with E-state index >= 15 is 0 Å². The highest BCUT2D eigenvalue weighted by Gasteiger charge is 2.44. The first-order valence-electron chi connectivity index (χ1n) is 12.7. The van der Waals surface area contributed by atoms with Gasteiger partial charge >= 0.3 is 11.9 Å². The summed E-state index contributed by atoms with van der Waals surface area (Å²) in [6.45, 7) is 17.9. The van der Waals surface area contributed by atoms with E-state index in [1.165, 1.54) is 0 Å². The van der Waals surface area contributed by atoms with Crippen LogP contribution in [0.1, 0.15) is 81.1 Å². The smallest absolute Gasteiger partial charge is 0.339 e. The first kappa shape index (κ1) is 31.0. The van der Waals surface area contributed by atoms with Crippen molar-refractivity contribution in [1.82, 2.24) is 0 Å². The van der Waals surface area contributed by atoms with Crippen LogP contribution in [0.15, 0.2) is 33.6 Å². The lowest BCUT2D eigenvalue weighted by Crippen LogP contribution is -2.43. The largest absolute Gasteiger partial charge is 0.462 e. The lowest BCUT2D eigenvalue weighted by molar-refractivity contribution is -0.138. The number of esters is 2. The van der Waals surface area contributed by atoms with Crippen LogP contribution < -0.4 is 0 Å². The number of hydrogen-bond donors (Lipinski definition) is 0. The quantitative estimate of drug-likeness (QED) is 0.130. The van der Waals surface area contributed by atoms with Gasteiger partial charge in [-0.15, -0.1) is 23.2 Å². The van der Waals surface area contributed by atoms with E-state index in [0.717, 1.165) is 11.1 Å². The zero-order valence-corrected chi connectivity index (χ0v) is 24.9. The molecule has 0 saturated heterocycles. The molecule has 0 heterocycles. The normalized spacial score (nSPS) is 16.0. The fourth-order valence-electron chi connectivity index (χ4n) is 5.55. The van der Waals surface area contributed by atoms with Crippen molar-refractivity contribution in [3.05, 3.63) is 33.6 Å². The lowest BCUT2D eigenvalue weighted by Gasteiger charge is -2.41. The highest BCUT2D eigenvalue weighted by atomic mass is 35.5. The highest BCUT2D eigenvalue weighted by Crippen LogP contribution is 2.48. The summed E-state index contributed by atoms with van der Waals surface area (Å²) in [4.78, 5) is 26.7. The van der Waals surface area contributed by atoms with Crippen LogP contribution >= 0.6 is 23.2 Å². The minimum atomic E-state index is -2.08. The summed E-state index contributed by atoms with van der Waals surface area (Å²) in [6.07, 6.45) is 2.48. The van der Waals surface area contributed by atoms with Crippen LogP contribution in [-0.4, -0.2) is 45.0 Å². The molecule has 0 aromatic heterocycles. The molecule has 0 unspecified atom stereocenters. The molecule has 1 aliphatic rings. The third kappa shape index (κ3) is 6.79. The molecule has 4 nitrogen and oxygen atoms in total. The minimum absolute atomic E-state index is 0.268. The molecular formula is C27H44Cl2O4Si. The van der Waals surface area contributed by atoms with Crippen LogP contribution in [-0.2, 0) is 19.1 Å². The molecule has 0 amide bonds. The first-order valence-corrected chi connectivity index (χ1v) is 16.1. The summed E-state index contributed by atoms with van der Waals surface area (Å²) < 4.78 is 11.0. The molecular weight excluding hydrogens is 487 g/mol. The molecule has 0 aliphatic heterocycles. The van der Waals surface area contributed by atoms with Gasteiger partial charge in [0, 0.05) is 11.8 Å². The number of rotatable bonds is 14. The highest BCUT2D eigenvalue weighted by molar-refractivity contribution is 6.88. The molecule has 0 spiro atoms. The maximum atomic E-state index is 13.4. The summed E-state index contributed by atoms with van der Waals surface area (Å²) in [7, 11) is -2.08. The maximum Gasteiger partial charge on any atom is 0.339 e. The van der Waals surface area contributed by atoms with Gasteiger partial charge in [-0.1, -0.05) is 47.2 Å². The van der Waals surface area contributed by atoms with Crippen LogP contribution in [0.5, 0.6) is 0 Å².